The highest BCUT2D eigenvalue weighted by Crippen LogP contribution is 2.34. The fourth-order valence-corrected chi connectivity index (χ4v) is 4.03. The van der Waals surface area contributed by atoms with Crippen molar-refractivity contribution in [3.05, 3.63) is 65.4 Å². The van der Waals surface area contributed by atoms with Crippen LogP contribution in [0.1, 0.15) is 12.5 Å². The maximum atomic E-state index is 13.2. The number of fused-ring (bicyclic) bond motifs is 1. The minimum atomic E-state index is -0.608. The summed E-state index contributed by atoms with van der Waals surface area (Å²) >= 11 is 1.29. The third-order valence-corrected chi connectivity index (χ3v) is 5.28. The molecule has 0 saturated heterocycles. The van der Waals surface area contributed by atoms with Crippen molar-refractivity contribution in [2.24, 2.45) is 0 Å². The number of carbonyl (C=O) groups is 2. The van der Waals surface area contributed by atoms with Gasteiger partial charge < -0.3 is 5.32 Å². The molecular weight excluding hydrogens is 365 g/mol. The van der Waals surface area contributed by atoms with Gasteiger partial charge in [-0.1, -0.05) is 18.2 Å². The summed E-state index contributed by atoms with van der Waals surface area (Å²) in [6.45, 7) is 1.46. The Balaban J connectivity index is 1.60. The van der Waals surface area contributed by atoms with E-state index < -0.39 is 6.04 Å². The molecule has 0 unspecified atom stereocenters. The molecule has 0 aliphatic carbocycles. The molecule has 1 N–H and O–H groups in total. The predicted molar refractivity (Wildman–Crippen MR) is 103 cm³/mol. The minimum absolute atomic E-state index is 0.178. The van der Waals surface area contributed by atoms with Crippen molar-refractivity contribution < 1.29 is 14.0 Å². The molecular formula is C20H16FN3O2S. The third-order valence-electron chi connectivity index (χ3n) is 4.54. The zero-order valence-corrected chi connectivity index (χ0v) is 15.3. The molecule has 1 aliphatic rings. The molecule has 5 nitrogen and oxygen atoms in total. The summed E-state index contributed by atoms with van der Waals surface area (Å²) in [6, 6.07) is 12.9. The van der Waals surface area contributed by atoms with E-state index in [1.54, 1.807) is 17.6 Å². The number of amides is 2. The Kier molecular flexibility index (Phi) is 4.45. The number of rotatable bonds is 3. The van der Waals surface area contributed by atoms with Gasteiger partial charge in [-0.2, -0.15) is 0 Å². The Bertz CT molecular complexity index is 1020. The van der Waals surface area contributed by atoms with Crippen LogP contribution in [-0.4, -0.2) is 22.8 Å². The lowest BCUT2D eigenvalue weighted by molar-refractivity contribution is -0.122. The van der Waals surface area contributed by atoms with E-state index >= 15 is 0 Å². The van der Waals surface area contributed by atoms with Gasteiger partial charge in [0, 0.05) is 24.6 Å². The SMILES string of the molecule is CC(=O)N1c2ccccc2C[C@H]1C(=O)Nc1scnc1-c1ccc(F)cc1. The molecule has 0 fully saturated rings. The van der Waals surface area contributed by atoms with Crippen LogP contribution in [0.3, 0.4) is 0 Å². The zero-order valence-electron chi connectivity index (χ0n) is 14.5. The van der Waals surface area contributed by atoms with E-state index in [2.05, 4.69) is 10.3 Å². The van der Waals surface area contributed by atoms with E-state index in [-0.39, 0.29) is 17.6 Å². The van der Waals surface area contributed by atoms with Gasteiger partial charge in [-0.3, -0.25) is 14.5 Å². The smallest absolute Gasteiger partial charge is 0.248 e. The number of carbonyl (C=O) groups excluding carboxylic acids is 2. The van der Waals surface area contributed by atoms with Crippen molar-refractivity contribution in [3.8, 4) is 11.3 Å². The van der Waals surface area contributed by atoms with Crippen molar-refractivity contribution in [1.29, 1.82) is 0 Å². The fourth-order valence-electron chi connectivity index (χ4n) is 3.33. The highest BCUT2D eigenvalue weighted by Gasteiger charge is 2.37. The van der Waals surface area contributed by atoms with Gasteiger partial charge >= 0.3 is 0 Å². The molecule has 4 rings (SSSR count). The fraction of sp³-hybridized carbons (Fsp3) is 0.150. The summed E-state index contributed by atoms with van der Waals surface area (Å²) in [4.78, 5) is 30.9. The summed E-state index contributed by atoms with van der Waals surface area (Å²) in [5.41, 5.74) is 4.66. The Morgan fingerprint density at radius 1 is 1.19 bits per heavy atom. The van der Waals surface area contributed by atoms with Crippen LogP contribution in [-0.2, 0) is 16.0 Å². The molecule has 1 atom stereocenters. The van der Waals surface area contributed by atoms with Crippen LogP contribution in [0, 0.1) is 5.82 Å². The maximum Gasteiger partial charge on any atom is 0.248 e. The molecule has 3 aromatic rings. The van der Waals surface area contributed by atoms with E-state index in [9.17, 15) is 14.0 Å². The average molecular weight is 381 g/mol. The molecule has 2 heterocycles. The first-order valence-corrected chi connectivity index (χ1v) is 9.30. The highest BCUT2D eigenvalue weighted by atomic mass is 32.1. The minimum Gasteiger partial charge on any atom is -0.314 e. The van der Waals surface area contributed by atoms with Gasteiger partial charge in [-0.25, -0.2) is 9.37 Å². The molecule has 2 amide bonds. The van der Waals surface area contributed by atoms with E-state index in [1.165, 1.54) is 35.3 Å². The van der Waals surface area contributed by atoms with Crippen LogP contribution in [0.2, 0.25) is 0 Å². The Labute approximate surface area is 159 Å². The number of benzene rings is 2. The largest absolute Gasteiger partial charge is 0.314 e. The number of nitrogens with zero attached hydrogens (tertiary/aromatic N) is 2. The van der Waals surface area contributed by atoms with Gasteiger partial charge in [0.25, 0.3) is 0 Å². The van der Waals surface area contributed by atoms with E-state index in [0.29, 0.717) is 22.7 Å². The van der Waals surface area contributed by atoms with Crippen molar-refractivity contribution in [1.82, 2.24) is 4.98 Å². The molecule has 1 aliphatic heterocycles. The van der Waals surface area contributed by atoms with Gasteiger partial charge in [-0.05, 0) is 35.9 Å². The highest BCUT2D eigenvalue weighted by molar-refractivity contribution is 7.14. The monoisotopic (exact) mass is 381 g/mol. The molecule has 0 saturated carbocycles. The molecule has 7 heteroatoms. The number of hydrogen-bond donors (Lipinski definition) is 1. The Hall–Kier alpha value is -3.06. The molecule has 2 aromatic carbocycles. The Morgan fingerprint density at radius 3 is 2.67 bits per heavy atom. The first kappa shape index (κ1) is 17.4. The Morgan fingerprint density at radius 2 is 1.93 bits per heavy atom. The summed E-state index contributed by atoms with van der Waals surface area (Å²) in [7, 11) is 0. The first-order chi connectivity index (χ1) is 13.0. The van der Waals surface area contributed by atoms with Crippen LogP contribution in [0.5, 0.6) is 0 Å². The average Bonchev–Trinajstić information content (AvgIpc) is 3.26. The van der Waals surface area contributed by atoms with Crippen molar-refractivity contribution in [2.45, 2.75) is 19.4 Å². The van der Waals surface area contributed by atoms with Gasteiger partial charge in [0.1, 0.15) is 22.6 Å². The molecule has 27 heavy (non-hydrogen) atoms. The molecule has 0 spiro atoms. The second-order valence-electron chi connectivity index (χ2n) is 6.26. The molecule has 136 valence electrons. The number of hydrogen-bond acceptors (Lipinski definition) is 4. The summed E-state index contributed by atoms with van der Waals surface area (Å²) in [5, 5.41) is 3.47. The summed E-state index contributed by atoms with van der Waals surface area (Å²) in [6.07, 6.45) is 0.465. The topological polar surface area (TPSA) is 62.3 Å². The molecule has 1 aromatic heterocycles. The van der Waals surface area contributed by atoms with Crippen LogP contribution in [0.4, 0.5) is 15.1 Å². The lowest BCUT2D eigenvalue weighted by atomic mass is 10.1. The van der Waals surface area contributed by atoms with Crippen molar-refractivity contribution in [3.63, 3.8) is 0 Å². The van der Waals surface area contributed by atoms with E-state index in [0.717, 1.165) is 11.3 Å². The second-order valence-corrected chi connectivity index (χ2v) is 7.12. The van der Waals surface area contributed by atoms with Crippen molar-refractivity contribution >= 4 is 33.8 Å². The van der Waals surface area contributed by atoms with Crippen LogP contribution < -0.4 is 10.2 Å². The standard InChI is InChI=1S/C20H16FN3O2S/c1-12(25)24-16-5-3-2-4-14(16)10-17(24)19(26)23-20-18(22-11-27-20)13-6-8-15(21)9-7-13/h2-9,11,17H,10H2,1H3,(H,23,26)/t17-/m0/s1. The number of nitrogens with one attached hydrogen (secondary N) is 1. The van der Waals surface area contributed by atoms with Gasteiger partial charge in [-0.15, -0.1) is 11.3 Å². The van der Waals surface area contributed by atoms with Gasteiger partial charge in [0.2, 0.25) is 11.8 Å². The van der Waals surface area contributed by atoms with Crippen LogP contribution in [0.25, 0.3) is 11.3 Å². The van der Waals surface area contributed by atoms with E-state index in [4.69, 9.17) is 0 Å². The summed E-state index contributed by atoms with van der Waals surface area (Å²) < 4.78 is 13.2. The lowest BCUT2D eigenvalue weighted by Gasteiger charge is -2.23. The maximum absolute atomic E-state index is 13.2. The van der Waals surface area contributed by atoms with Crippen LogP contribution in [0.15, 0.2) is 54.0 Å². The number of aromatic nitrogens is 1. The first-order valence-electron chi connectivity index (χ1n) is 8.42. The van der Waals surface area contributed by atoms with Gasteiger partial charge in [0.15, 0.2) is 0 Å². The summed E-state index contributed by atoms with van der Waals surface area (Å²) in [5.74, 6) is -0.780. The lowest BCUT2D eigenvalue weighted by Crippen LogP contribution is -2.44. The number of para-hydroxylation sites is 1. The second kappa shape index (κ2) is 6.92. The predicted octanol–water partition coefficient (Wildman–Crippen LogP) is 3.87. The quantitative estimate of drug-likeness (QED) is 0.749. The van der Waals surface area contributed by atoms with Gasteiger partial charge in [0.05, 0.1) is 5.51 Å². The molecule has 0 radical (unpaired) electrons. The zero-order chi connectivity index (χ0) is 19.0. The number of halogens is 1. The molecule has 0 bridgehead atoms. The normalized spacial score (nSPS) is 15.5. The third kappa shape index (κ3) is 3.21. The number of thiazole rings is 1. The van der Waals surface area contributed by atoms with E-state index in [1.807, 2.05) is 24.3 Å². The van der Waals surface area contributed by atoms with Crippen LogP contribution >= 0.6 is 11.3 Å². The number of anilines is 2. The van der Waals surface area contributed by atoms with Crippen molar-refractivity contribution in [2.75, 3.05) is 10.2 Å².